The number of pyridine rings is 1. The number of halogens is 1. The minimum atomic E-state index is 0.461. The zero-order valence-corrected chi connectivity index (χ0v) is 10.3. The van der Waals surface area contributed by atoms with Crippen LogP contribution in [0, 0.1) is 0 Å². The topological polar surface area (TPSA) is 31.4 Å². The van der Waals surface area contributed by atoms with E-state index in [0.717, 1.165) is 4.47 Å². The molecular formula is C12H10BrNO2. The van der Waals surface area contributed by atoms with Gasteiger partial charge in [-0.3, -0.25) is 0 Å². The number of benzene rings is 1. The molecule has 0 fully saturated rings. The van der Waals surface area contributed by atoms with Crippen LogP contribution in [0.1, 0.15) is 0 Å². The molecule has 0 aliphatic carbocycles. The van der Waals surface area contributed by atoms with E-state index in [-0.39, 0.29) is 0 Å². The third-order valence-corrected chi connectivity index (χ3v) is 2.46. The van der Waals surface area contributed by atoms with Gasteiger partial charge in [0.1, 0.15) is 5.75 Å². The monoisotopic (exact) mass is 279 g/mol. The lowest BCUT2D eigenvalue weighted by molar-refractivity contribution is 0.369. The lowest BCUT2D eigenvalue weighted by Crippen LogP contribution is -1.92. The Morgan fingerprint density at radius 1 is 1.19 bits per heavy atom. The molecule has 1 aromatic carbocycles. The molecule has 0 atom stereocenters. The van der Waals surface area contributed by atoms with Crippen molar-refractivity contribution < 1.29 is 9.47 Å². The lowest BCUT2D eigenvalue weighted by atomic mass is 10.3. The van der Waals surface area contributed by atoms with Crippen LogP contribution in [-0.4, -0.2) is 12.1 Å². The van der Waals surface area contributed by atoms with Gasteiger partial charge in [-0.15, -0.1) is 0 Å². The van der Waals surface area contributed by atoms with Gasteiger partial charge in [0.2, 0.25) is 0 Å². The van der Waals surface area contributed by atoms with Gasteiger partial charge < -0.3 is 9.47 Å². The molecule has 0 amide bonds. The number of ether oxygens (including phenoxy) is 2. The van der Waals surface area contributed by atoms with Crippen LogP contribution < -0.4 is 9.47 Å². The first-order valence-corrected chi connectivity index (χ1v) is 5.51. The molecule has 0 aliphatic rings. The Bertz CT molecular complexity index is 488. The van der Waals surface area contributed by atoms with E-state index in [0.29, 0.717) is 17.4 Å². The van der Waals surface area contributed by atoms with Crippen molar-refractivity contribution in [2.24, 2.45) is 0 Å². The van der Waals surface area contributed by atoms with E-state index in [9.17, 15) is 0 Å². The van der Waals surface area contributed by atoms with Gasteiger partial charge in [-0.25, -0.2) is 4.98 Å². The highest BCUT2D eigenvalue weighted by molar-refractivity contribution is 9.10. The minimum absolute atomic E-state index is 0.461. The van der Waals surface area contributed by atoms with Gasteiger partial charge in [-0.05, 0) is 30.3 Å². The fraction of sp³-hybridized carbons (Fsp3) is 0.0833. The first kappa shape index (κ1) is 11.0. The Hall–Kier alpha value is -1.55. The molecular weight excluding hydrogens is 270 g/mol. The summed E-state index contributed by atoms with van der Waals surface area (Å²) in [5.74, 6) is 1.79. The van der Waals surface area contributed by atoms with Crippen molar-refractivity contribution in [1.82, 2.24) is 4.98 Å². The van der Waals surface area contributed by atoms with E-state index in [1.165, 1.54) is 0 Å². The van der Waals surface area contributed by atoms with E-state index < -0.39 is 0 Å². The summed E-state index contributed by atoms with van der Waals surface area (Å²) in [6.45, 7) is 0. The average Bonchev–Trinajstić information content (AvgIpc) is 2.30. The minimum Gasteiger partial charge on any atom is -0.491 e. The number of methoxy groups -OCH3 is 1. The SMILES string of the molecule is COc1cccnc1Oc1cccc(Br)c1. The second-order valence-corrected chi connectivity index (χ2v) is 3.99. The first-order chi connectivity index (χ1) is 7.79. The molecule has 0 radical (unpaired) electrons. The van der Waals surface area contributed by atoms with Crippen LogP contribution in [0.3, 0.4) is 0 Å². The highest BCUT2D eigenvalue weighted by atomic mass is 79.9. The van der Waals surface area contributed by atoms with Crippen molar-refractivity contribution in [3.05, 3.63) is 47.1 Å². The van der Waals surface area contributed by atoms with Crippen LogP contribution in [0.2, 0.25) is 0 Å². The number of aromatic nitrogens is 1. The van der Waals surface area contributed by atoms with Crippen LogP contribution in [0.4, 0.5) is 0 Å². The van der Waals surface area contributed by atoms with E-state index in [1.807, 2.05) is 24.3 Å². The van der Waals surface area contributed by atoms with Crippen molar-refractivity contribution in [1.29, 1.82) is 0 Å². The number of hydrogen-bond acceptors (Lipinski definition) is 3. The van der Waals surface area contributed by atoms with E-state index in [1.54, 1.807) is 25.4 Å². The molecule has 0 spiro atoms. The summed E-state index contributed by atoms with van der Waals surface area (Å²) in [5, 5.41) is 0. The fourth-order valence-corrected chi connectivity index (χ4v) is 1.63. The quantitative estimate of drug-likeness (QED) is 0.860. The summed E-state index contributed by atoms with van der Waals surface area (Å²) in [6.07, 6.45) is 1.66. The van der Waals surface area contributed by atoms with E-state index >= 15 is 0 Å². The Kier molecular flexibility index (Phi) is 3.41. The predicted octanol–water partition coefficient (Wildman–Crippen LogP) is 3.65. The third-order valence-electron chi connectivity index (χ3n) is 1.97. The van der Waals surface area contributed by atoms with Gasteiger partial charge in [-0.2, -0.15) is 0 Å². The van der Waals surface area contributed by atoms with Crippen LogP contribution in [0.5, 0.6) is 17.4 Å². The van der Waals surface area contributed by atoms with Gasteiger partial charge in [0.05, 0.1) is 7.11 Å². The summed E-state index contributed by atoms with van der Waals surface area (Å²) < 4.78 is 11.7. The van der Waals surface area contributed by atoms with Crippen LogP contribution in [-0.2, 0) is 0 Å². The molecule has 1 heterocycles. The molecule has 0 unspecified atom stereocenters. The summed E-state index contributed by atoms with van der Waals surface area (Å²) in [6, 6.07) is 11.2. The van der Waals surface area contributed by atoms with Crippen molar-refractivity contribution in [2.45, 2.75) is 0 Å². The fourth-order valence-electron chi connectivity index (χ4n) is 1.25. The molecule has 0 aliphatic heterocycles. The maximum absolute atomic E-state index is 5.62. The Balaban J connectivity index is 2.26. The normalized spacial score (nSPS) is 9.88. The molecule has 2 rings (SSSR count). The maximum Gasteiger partial charge on any atom is 0.262 e. The third kappa shape index (κ3) is 2.52. The average molecular weight is 280 g/mol. The van der Waals surface area contributed by atoms with Gasteiger partial charge in [0, 0.05) is 10.7 Å². The molecule has 2 aromatic rings. The molecule has 4 heteroatoms. The zero-order valence-electron chi connectivity index (χ0n) is 8.68. The smallest absolute Gasteiger partial charge is 0.262 e. The maximum atomic E-state index is 5.62. The van der Waals surface area contributed by atoms with Gasteiger partial charge in [0.25, 0.3) is 5.88 Å². The van der Waals surface area contributed by atoms with Gasteiger partial charge >= 0.3 is 0 Å². The molecule has 1 aromatic heterocycles. The highest BCUT2D eigenvalue weighted by Crippen LogP contribution is 2.29. The Morgan fingerprint density at radius 2 is 2.06 bits per heavy atom. The summed E-state index contributed by atoms with van der Waals surface area (Å²) in [4.78, 5) is 4.11. The molecule has 0 saturated heterocycles. The van der Waals surface area contributed by atoms with Crippen molar-refractivity contribution >= 4 is 15.9 Å². The zero-order chi connectivity index (χ0) is 11.4. The predicted molar refractivity (Wildman–Crippen MR) is 65.0 cm³/mol. The molecule has 16 heavy (non-hydrogen) atoms. The van der Waals surface area contributed by atoms with Crippen LogP contribution >= 0.6 is 15.9 Å². The summed E-state index contributed by atoms with van der Waals surface area (Å²) in [5.41, 5.74) is 0. The van der Waals surface area contributed by atoms with E-state index in [4.69, 9.17) is 9.47 Å². The highest BCUT2D eigenvalue weighted by Gasteiger charge is 2.05. The first-order valence-electron chi connectivity index (χ1n) is 4.72. The second kappa shape index (κ2) is 4.99. The van der Waals surface area contributed by atoms with Crippen molar-refractivity contribution in [3.63, 3.8) is 0 Å². The summed E-state index contributed by atoms with van der Waals surface area (Å²) in [7, 11) is 1.59. The van der Waals surface area contributed by atoms with E-state index in [2.05, 4.69) is 20.9 Å². The second-order valence-electron chi connectivity index (χ2n) is 3.07. The lowest BCUT2D eigenvalue weighted by Gasteiger charge is -2.08. The Labute approximate surface area is 102 Å². The number of rotatable bonds is 3. The number of hydrogen-bond donors (Lipinski definition) is 0. The standard InChI is InChI=1S/C12H10BrNO2/c1-15-11-6-3-7-14-12(11)16-10-5-2-4-9(13)8-10/h2-8H,1H3. The molecule has 82 valence electrons. The van der Waals surface area contributed by atoms with Crippen LogP contribution in [0.25, 0.3) is 0 Å². The van der Waals surface area contributed by atoms with Crippen LogP contribution in [0.15, 0.2) is 47.1 Å². The van der Waals surface area contributed by atoms with Crippen molar-refractivity contribution in [2.75, 3.05) is 7.11 Å². The molecule has 0 N–H and O–H groups in total. The molecule has 3 nitrogen and oxygen atoms in total. The van der Waals surface area contributed by atoms with Gasteiger partial charge in [0.15, 0.2) is 5.75 Å². The van der Waals surface area contributed by atoms with Gasteiger partial charge in [-0.1, -0.05) is 22.0 Å². The Morgan fingerprint density at radius 3 is 2.81 bits per heavy atom. The number of nitrogens with zero attached hydrogens (tertiary/aromatic N) is 1. The largest absolute Gasteiger partial charge is 0.491 e. The van der Waals surface area contributed by atoms with Crippen molar-refractivity contribution in [3.8, 4) is 17.4 Å². The molecule has 0 bridgehead atoms. The summed E-state index contributed by atoms with van der Waals surface area (Å²) >= 11 is 3.38. The molecule has 0 saturated carbocycles.